The Morgan fingerprint density at radius 3 is 2.90 bits per heavy atom. The second-order valence-corrected chi connectivity index (χ2v) is 6.76. The first-order valence-electron chi connectivity index (χ1n) is 8.25. The van der Waals surface area contributed by atoms with Gasteiger partial charge >= 0.3 is 0 Å². The van der Waals surface area contributed by atoms with Gasteiger partial charge in [0, 0.05) is 31.1 Å². The fraction of sp³-hybridized carbons (Fsp3) is 0.750. The third-order valence-electron chi connectivity index (χ3n) is 4.52. The molecule has 116 valence electrons. The average Bonchev–Trinajstić information content (AvgIpc) is 3.29. The standard InChI is InChI=1S/C16H25ClN4/c1-12-5-2-3-9-21(12)10-4-8-18-15-11-14(17)19-16(20-15)13-6-7-13/h11-13H,2-10H2,1H3,(H,18,19,20). The fourth-order valence-electron chi connectivity index (χ4n) is 3.04. The third kappa shape index (κ3) is 4.30. The van der Waals surface area contributed by atoms with Crippen LogP contribution >= 0.6 is 11.6 Å². The summed E-state index contributed by atoms with van der Waals surface area (Å²) in [4.78, 5) is 11.5. The molecule has 21 heavy (non-hydrogen) atoms. The molecule has 1 aromatic heterocycles. The number of piperidine rings is 1. The fourth-order valence-corrected chi connectivity index (χ4v) is 3.23. The summed E-state index contributed by atoms with van der Waals surface area (Å²) in [5.74, 6) is 2.33. The van der Waals surface area contributed by atoms with Gasteiger partial charge in [-0.15, -0.1) is 0 Å². The monoisotopic (exact) mass is 308 g/mol. The van der Waals surface area contributed by atoms with E-state index in [-0.39, 0.29) is 0 Å². The SMILES string of the molecule is CC1CCCCN1CCCNc1cc(Cl)nc(C2CC2)n1. The molecule has 1 atom stereocenters. The van der Waals surface area contributed by atoms with Crippen molar-refractivity contribution in [1.29, 1.82) is 0 Å². The molecular weight excluding hydrogens is 284 g/mol. The predicted molar refractivity (Wildman–Crippen MR) is 87.0 cm³/mol. The first-order valence-corrected chi connectivity index (χ1v) is 8.62. The molecule has 0 aromatic carbocycles. The quantitative estimate of drug-likeness (QED) is 0.643. The number of halogens is 1. The molecule has 1 saturated heterocycles. The van der Waals surface area contributed by atoms with Gasteiger partial charge in [-0.25, -0.2) is 9.97 Å². The van der Waals surface area contributed by atoms with Crippen molar-refractivity contribution in [3.8, 4) is 0 Å². The van der Waals surface area contributed by atoms with Gasteiger partial charge in [-0.2, -0.15) is 0 Å². The lowest BCUT2D eigenvalue weighted by atomic mass is 10.0. The maximum atomic E-state index is 6.08. The van der Waals surface area contributed by atoms with Crippen LogP contribution in [0.5, 0.6) is 0 Å². The minimum atomic E-state index is 0.540. The van der Waals surface area contributed by atoms with E-state index in [2.05, 4.69) is 27.1 Å². The summed E-state index contributed by atoms with van der Waals surface area (Å²) in [5.41, 5.74) is 0. The molecule has 1 aliphatic carbocycles. The van der Waals surface area contributed by atoms with E-state index in [4.69, 9.17) is 11.6 Å². The molecule has 5 heteroatoms. The van der Waals surface area contributed by atoms with Gasteiger partial charge in [-0.3, -0.25) is 0 Å². The second kappa shape index (κ2) is 6.93. The first kappa shape index (κ1) is 15.0. The summed E-state index contributed by atoms with van der Waals surface area (Å²) in [5, 5.41) is 3.96. The lowest BCUT2D eigenvalue weighted by Gasteiger charge is -2.33. The van der Waals surface area contributed by atoms with E-state index in [0.29, 0.717) is 11.1 Å². The Balaban J connectivity index is 1.44. The number of likely N-dealkylation sites (tertiary alicyclic amines) is 1. The zero-order chi connectivity index (χ0) is 14.7. The maximum Gasteiger partial charge on any atom is 0.135 e. The molecule has 1 saturated carbocycles. The van der Waals surface area contributed by atoms with Gasteiger partial charge in [-0.05, 0) is 45.6 Å². The molecule has 4 nitrogen and oxygen atoms in total. The summed E-state index contributed by atoms with van der Waals surface area (Å²) in [6.07, 6.45) is 7.63. The highest BCUT2D eigenvalue weighted by atomic mass is 35.5. The van der Waals surface area contributed by atoms with Gasteiger partial charge in [0.05, 0.1) is 0 Å². The molecule has 2 heterocycles. The van der Waals surface area contributed by atoms with E-state index in [0.717, 1.165) is 30.6 Å². The smallest absolute Gasteiger partial charge is 0.135 e. The highest BCUT2D eigenvalue weighted by molar-refractivity contribution is 6.29. The minimum Gasteiger partial charge on any atom is -0.370 e. The van der Waals surface area contributed by atoms with Crippen LogP contribution in [0.1, 0.15) is 57.2 Å². The van der Waals surface area contributed by atoms with E-state index >= 15 is 0 Å². The van der Waals surface area contributed by atoms with Crippen LogP contribution in [0.25, 0.3) is 0 Å². The summed E-state index contributed by atoms with van der Waals surface area (Å²) < 4.78 is 0. The van der Waals surface area contributed by atoms with E-state index in [9.17, 15) is 0 Å². The van der Waals surface area contributed by atoms with Crippen molar-refractivity contribution >= 4 is 17.4 Å². The second-order valence-electron chi connectivity index (χ2n) is 6.37. The average molecular weight is 309 g/mol. The van der Waals surface area contributed by atoms with Crippen molar-refractivity contribution in [1.82, 2.24) is 14.9 Å². The molecule has 1 N–H and O–H groups in total. The lowest BCUT2D eigenvalue weighted by molar-refractivity contribution is 0.160. The Labute approximate surface area is 132 Å². The predicted octanol–water partition coefficient (Wildman–Crippen LogP) is 3.68. The molecule has 1 aliphatic heterocycles. The van der Waals surface area contributed by atoms with E-state index in [1.54, 1.807) is 0 Å². The minimum absolute atomic E-state index is 0.540. The number of hydrogen-bond acceptors (Lipinski definition) is 4. The van der Waals surface area contributed by atoms with Crippen molar-refractivity contribution in [3.05, 3.63) is 17.0 Å². The van der Waals surface area contributed by atoms with Crippen molar-refractivity contribution in [2.45, 2.75) is 57.4 Å². The number of hydrogen-bond donors (Lipinski definition) is 1. The number of anilines is 1. The van der Waals surface area contributed by atoms with E-state index in [1.165, 1.54) is 45.2 Å². The zero-order valence-electron chi connectivity index (χ0n) is 12.8. The molecule has 2 fully saturated rings. The van der Waals surface area contributed by atoms with Crippen LogP contribution < -0.4 is 5.32 Å². The van der Waals surface area contributed by atoms with Crippen LogP contribution in [0.2, 0.25) is 5.15 Å². The van der Waals surface area contributed by atoms with E-state index < -0.39 is 0 Å². The highest BCUT2D eigenvalue weighted by Crippen LogP contribution is 2.38. The van der Waals surface area contributed by atoms with Crippen molar-refractivity contribution < 1.29 is 0 Å². The molecule has 0 amide bonds. The Bertz CT molecular complexity index is 475. The van der Waals surface area contributed by atoms with Gasteiger partial charge in [0.1, 0.15) is 16.8 Å². The molecular formula is C16H25ClN4. The number of nitrogens with zero attached hydrogens (tertiary/aromatic N) is 3. The Kier molecular flexibility index (Phi) is 4.96. The van der Waals surface area contributed by atoms with Crippen LogP contribution in [-0.4, -0.2) is 40.5 Å². The van der Waals surface area contributed by atoms with Crippen LogP contribution in [0, 0.1) is 0 Å². The first-order chi connectivity index (χ1) is 10.2. The van der Waals surface area contributed by atoms with Crippen LogP contribution in [0.4, 0.5) is 5.82 Å². The normalized spacial score (nSPS) is 23.2. The summed E-state index contributed by atoms with van der Waals surface area (Å²) in [6.45, 7) is 5.72. The molecule has 0 spiro atoms. The maximum absolute atomic E-state index is 6.08. The lowest BCUT2D eigenvalue weighted by Crippen LogP contribution is -2.38. The molecule has 3 rings (SSSR count). The number of aromatic nitrogens is 2. The highest BCUT2D eigenvalue weighted by Gasteiger charge is 2.27. The van der Waals surface area contributed by atoms with Gasteiger partial charge in [0.2, 0.25) is 0 Å². The summed E-state index contributed by atoms with van der Waals surface area (Å²) in [7, 11) is 0. The Hall–Kier alpha value is -0.870. The van der Waals surface area contributed by atoms with Crippen molar-refractivity contribution in [2.75, 3.05) is 25.0 Å². The van der Waals surface area contributed by atoms with Crippen LogP contribution in [0.3, 0.4) is 0 Å². The van der Waals surface area contributed by atoms with Crippen molar-refractivity contribution in [3.63, 3.8) is 0 Å². The molecule has 1 aromatic rings. The van der Waals surface area contributed by atoms with Crippen LogP contribution in [0.15, 0.2) is 6.07 Å². The Morgan fingerprint density at radius 2 is 2.14 bits per heavy atom. The zero-order valence-corrected chi connectivity index (χ0v) is 13.6. The summed E-state index contributed by atoms with van der Waals surface area (Å²) in [6, 6.07) is 2.57. The summed E-state index contributed by atoms with van der Waals surface area (Å²) >= 11 is 6.08. The van der Waals surface area contributed by atoms with Gasteiger partial charge in [0.25, 0.3) is 0 Å². The van der Waals surface area contributed by atoms with Gasteiger partial charge in [0.15, 0.2) is 0 Å². The molecule has 0 bridgehead atoms. The molecule has 2 aliphatic rings. The largest absolute Gasteiger partial charge is 0.370 e. The third-order valence-corrected chi connectivity index (χ3v) is 4.72. The molecule has 0 radical (unpaired) electrons. The number of rotatable bonds is 6. The van der Waals surface area contributed by atoms with Gasteiger partial charge in [-0.1, -0.05) is 18.0 Å². The molecule has 1 unspecified atom stereocenters. The Morgan fingerprint density at radius 1 is 1.29 bits per heavy atom. The van der Waals surface area contributed by atoms with Gasteiger partial charge < -0.3 is 10.2 Å². The van der Waals surface area contributed by atoms with E-state index in [1.807, 2.05) is 6.07 Å². The topological polar surface area (TPSA) is 41.0 Å². The number of nitrogens with one attached hydrogen (secondary N) is 1. The van der Waals surface area contributed by atoms with Crippen molar-refractivity contribution in [2.24, 2.45) is 0 Å². The van der Waals surface area contributed by atoms with Crippen LogP contribution in [-0.2, 0) is 0 Å².